The number of nitrogens with zero attached hydrogens (tertiary/aromatic N) is 3. The predicted molar refractivity (Wildman–Crippen MR) is 80.5 cm³/mol. The Morgan fingerprint density at radius 2 is 2.27 bits per heavy atom. The van der Waals surface area contributed by atoms with Crippen LogP contribution in [0.2, 0.25) is 0 Å². The Labute approximate surface area is 130 Å². The zero-order valence-corrected chi connectivity index (χ0v) is 12.8. The van der Waals surface area contributed by atoms with E-state index in [1.54, 1.807) is 0 Å². The molecule has 9 heteroatoms. The molecule has 0 aliphatic rings. The molecule has 0 radical (unpaired) electrons. The standard InChI is InChI=1S/C13H14N4O4S/c1-3-12-14-13(16-15-12)22-7-10(18)8-4-5-11(21-2)9(6-8)17(19)20/h4-6H,3,7H2,1-2H3,(H,14,15,16). The van der Waals surface area contributed by atoms with Gasteiger partial charge in [0.25, 0.3) is 0 Å². The summed E-state index contributed by atoms with van der Waals surface area (Å²) in [5.74, 6) is 0.731. The van der Waals surface area contributed by atoms with Crippen molar-refractivity contribution in [1.82, 2.24) is 15.2 Å². The van der Waals surface area contributed by atoms with Crippen LogP contribution in [-0.2, 0) is 6.42 Å². The van der Waals surface area contributed by atoms with Crippen molar-refractivity contribution in [3.63, 3.8) is 0 Å². The molecular formula is C13H14N4O4S. The molecule has 1 heterocycles. The summed E-state index contributed by atoms with van der Waals surface area (Å²) >= 11 is 1.18. The van der Waals surface area contributed by atoms with E-state index in [4.69, 9.17) is 4.74 Å². The number of hydrogen-bond acceptors (Lipinski definition) is 7. The molecule has 1 aromatic heterocycles. The highest BCUT2D eigenvalue weighted by Crippen LogP contribution is 2.28. The Morgan fingerprint density at radius 1 is 1.50 bits per heavy atom. The molecule has 22 heavy (non-hydrogen) atoms. The number of benzene rings is 1. The lowest BCUT2D eigenvalue weighted by atomic mass is 10.1. The van der Waals surface area contributed by atoms with Gasteiger partial charge >= 0.3 is 5.69 Å². The van der Waals surface area contributed by atoms with Crippen LogP contribution in [0.25, 0.3) is 0 Å². The summed E-state index contributed by atoms with van der Waals surface area (Å²) < 4.78 is 4.90. The molecule has 2 rings (SSSR count). The van der Waals surface area contributed by atoms with Crippen molar-refractivity contribution < 1.29 is 14.5 Å². The second-order valence-electron chi connectivity index (χ2n) is 4.27. The summed E-state index contributed by atoms with van der Waals surface area (Å²) in [6.45, 7) is 1.94. The quantitative estimate of drug-likeness (QED) is 0.360. The van der Waals surface area contributed by atoms with E-state index in [1.807, 2.05) is 6.92 Å². The van der Waals surface area contributed by atoms with Crippen LogP contribution in [0, 0.1) is 10.1 Å². The van der Waals surface area contributed by atoms with Gasteiger partial charge in [-0.1, -0.05) is 18.7 Å². The van der Waals surface area contributed by atoms with Crippen molar-refractivity contribution in [2.75, 3.05) is 12.9 Å². The van der Waals surface area contributed by atoms with Crippen molar-refractivity contribution in [2.45, 2.75) is 18.5 Å². The number of Topliss-reactive ketones (excluding diaryl/α,β-unsaturated/α-hetero) is 1. The molecule has 1 aromatic carbocycles. The number of thioether (sulfide) groups is 1. The van der Waals surface area contributed by atoms with E-state index in [-0.39, 0.29) is 28.5 Å². The summed E-state index contributed by atoms with van der Waals surface area (Å²) in [5.41, 5.74) is 0.0239. The molecule has 0 unspecified atom stereocenters. The van der Waals surface area contributed by atoms with Crippen LogP contribution < -0.4 is 4.74 Å². The number of carbonyl (C=O) groups is 1. The zero-order chi connectivity index (χ0) is 16.1. The van der Waals surface area contributed by atoms with E-state index in [0.29, 0.717) is 5.16 Å². The van der Waals surface area contributed by atoms with E-state index in [2.05, 4.69) is 15.2 Å². The Balaban J connectivity index is 2.09. The Kier molecular flexibility index (Phi) is 5.10. The number of methoxy groups -OCH3 is 1. The first-order chi connectivity index (χ1) is 10.5. The SMILES string of the molecule is CCc1nc(SCC(=O)c2ccc(OC)c([N+](=O)[O-])c2)n[nH]1. The maximum Gasteiger partial charge on any atom is 0.311 e. The number of aromatic amines is 1. The monoisotopic (exact) mass is 322 g/mol. The third-order valence-electron chi connectivity index (χ3n) is 2.88. The van der Waals surface area contributed by atoms with Gasteiger partial charge in [0.05, 0.1) is 17.8 Å². The lowest BCUT2D eigenvalue weighted by Gasteiger charge is -2.04. The van der Waals surface area contributed by atoms with Gasteiger partial charge in [0.15, 0.2) is 11.5 Å². The van der Waals surface area contributed by atoms with Crippen LogP contribution in [0.5, 0.6) is 5.75 Å². The number of aromatic nitrogens is 3. The second-order valence-corrected chi connectivity index (χ2v) is 5.22. The van der Waals surface area contributed by atoms with Crippen molar-refractivity contribution in [3.8, 4) is 5.75 Å². The largest absolute Gasteiger partial charge is 0.490 e. The fourth-order valence-electron chi connectivity index (χ4n) is 1.72. The summed E-state index contributed by atoms with van der Waals surface area (Å²) in [6, 6.07) is 4.14. The Bertz CT molecular complexity index is 701. The molecule has 0 saturated carbocycles. The van der Waals surface area contributed by atoms with Crippen molar-refractivity contribution in [1.29, 1.82) is 0 Å². The lowest BCUT2D eigenvalue weighted by molar-refractivity contribution is -0.385. The molecule has 0 amide bonds. The topological polar surface area (TPSA) is 111 Å². The average molecular weight is 322 g/mol. The minimum absolute atomic E-state index is 0.102. The molecule has 116 valence electrons. The van der Waals surface area contributed by atoms with E-state index in [1.165, 1.54) is 37.1 Å². The number of ether oxygens (including phenoxy) is 1. The van der Waals surface area contributed by atoms with Gasteiger partial charge in [-0.15, -0.1) is 5.10 Å². The number of hydrogen-bond donors (Lipinski definition) is 1. The average Bonchev–Trinajstić information content (AvgIpc) is 2.99. The molecule has 0 bridgehead atoms. The maximum atomic E-state index is 12.1. The van der Waals surface area contributed by atoms with Gasteiger partial charge in [0, 0.05) is 18.1 Å². The highest BCUT2D eigenvalue weighted by Gasteiger charge is 2.18. The first-order valence-corrected chi connectivity index (χ1v) is 7.43. The predicted octanol–water partition coefficient (Wildman–Crippen LogP) is 2.26. The van der Waals surface area contributed by atoms with E-state index < -0.39 is 4.92 Å². The summed E-state index contributed by atoms with van der Waals surface area (Å²) in [7, 11) is 1.34. The summed E-state index contributed by atoms with van der Waals surface area (Å²) in [5, 5.41) is 18.2. The Hall–Kier alpha value is -2.42. The minimum atomic E-state index is -0.578. The third kappa shape index (κ3) is 3.61. The van der Waals surface area contributed by atoms with Crippen LogP contribution in [0.4, 0.5) is 5.69 Å². The van der Waals surface area contributed by atoms with E-state index >= 15 is 0 Å². The molecule has 0 aliphatic carbocycles. The molecule has 2 aromatic rings. The van der Waals surface area contributed by atoms with Gasteiger partial charge in [0.1, 0.15) is 5.82 Å². The summed E-state index contributed by atoms with van der Waals surface area (Å²) in [4.78, 5) is 26.7. The molecule has 0 spiro atoms. The molecule has 0 atom stereocenters. The Morgan fingerprint density at radius 3 is 2.86 bits per heavy atom. The maximum absolute atomic E-state index is 12.1. The number of aryl methyl sites for hydroxylation is 1. The van der Waals surface area contributed by atoms with Crippen LogP contribution in [0.1, 0.15) is 23.1 Å². The van der Waals surface area contributed by atoms with E-state index in [9.17, 15) is 14.9 Å². The minimum Gasteiger partial charge on any atom is -0.490 e. The summed E-state index contributed by atoms with van der Waals surface area (Å²) in [6.07, 6.45) is 0.728. The van der Waals surface area contributed by atoms with Gasteiger partial charge in [-0.05, 0) is 12.1 Å². The van der Waals surface area contributed by atoms with Crippen LogP contribution in [0.15, 0.2) is 23.4 Å². The zero-order valence-electron chi connectivity index (χ0n) is 12.0. The number of ketones is 1. The van der Waals surface area contributed by atoms with Crippen molar-refractivity contribution in [2.24, 2.45) is 0 Å². The van der Waals surface area contributed by atoms with Crippen LogP contribution >= 0.6 is 11.8 Å². The van der Waals surface area contributed by atoms with Gasteiger partial charge < -0.3 is 4.74 Å². The van der Waals surface area contributed by atoms with Gasteiger partial charge in [-0.3, -0.25) is 20.0 Å². The first kappa shape index (κ1) is 16.0. The van der Waals surface area contributed by atoms with Crippen molar-refractivity contribution in [3.05, 3.63) is 39.7 Å². The van der Waals surface area contributed by atoms with Crippen molar-refractivity contribution >= 4 is 23.2 Å². The molecule has 8 nitrogen and oxygen atoms in total. The number of carbonyl (C=O) groups excluding carboxylic acids is 1. The van der Waals surface area contributed by atoms with Crippen LogP contribution in [-0.4, -0.2) is 38.8 Å². The van der Waals surface area contributed by atoms with Gasteiger partial charge in [-0.2, -0.15) is 0 Å². The highest BCUT2D eigenvalue weighted by atomic mass is 32.2. The smallest absolute Gasteiger partial charge is 0.311 e. The number of H-pyrrole nitrogens is 1. The molecule has 0 fully saturated rings. The fraction of sp³-hybridized carbons (Fsp3) is 0.308. The number of nitrogens with one attached hydrogen (secondary N) is 1. The fourth-order valence-corrected chi connectivity index (χ4v) is 2.43. The van der Waals surface area contributed by atoms with E-state index in [0.717, 1.165) is 12.2 Å². The lowest BCUT2D eigenvalue weighted by Crippen LogP contribution is -2.04. The first-order valence-electron chi connectivity index (χ1n) is 6.44. The highest BCUT2D eigenvalue weighted by molar-refractivity contribution is 7.99. The third-order valence-corrected chi connectivity index (χ3v) is 3.72. The molecular weight excluding hydrogens is 308 g/mol. The number of nitro benzene ring substituents is 1. The molecule has 1 N–H and O–H groups in total. The second kappa shape index (κ2) is 7.03. The van der Waals surface area contributed by atoms with Gasteiger partial charge in [-0.25, -0.2) is 4.98 Å². The van der Waals surface area contributed by atoms with Gasteiger partial charge in [0.2, 0.25) is 5.16 Å². The number of rotatable bonds is 7. The molecule has 0 aliphatic heterocycles. The number of nitro groups is 1. The van der Waals surface area contributed by atoms with Crippen LogP contribution in [0.3, 0.4) is 0 Å². The molecule has 0 saturated heterocycles. The normalized spacial score (nSPS) is 10.5.